The van der Waals surface area contributed by atoms with E-state index < -0.39 is 0 Å². The summed E-state index contributed by atoms with van der Waals surface area (Å²) >= 11 is 0. The molecule has 0 amide bonds. The van der Waals surface area contributed by atoms with Gasteiger partial charge >= 0.3 is 0 Å². The molecule has 0 aliphatic carbocycles. The summed E-state index contributed by atoms with van der Waals surface area (Å²) in [5.74, 6) is 1.69. The fourth-order valence-electron chi connectivity index (χ4n) is 2.97. The second kappa shape index (κ2) is 5.41. The first-order valence-corrected chi connectivity index (χ1v) is 7.14. The van der Waals surface area contributed by atoms with Gasteiger partial charge in [-0.25, -0.2) is 0 Å². The number of nitrogens with one attached hydrogen (secondary N) is 1. The molecule has 112 valence electrons. The number of hydrogen-bond acceptors (Lipinski definition) is 4. The number of methoxy groups -OCH3 is 1. The average molecular weight is 287 g/mol. The van der Waals surface area contributed by atoms with Crippen molar-refractivity contribution in [1.29, 1.82) is 0 Å². The molecule has 0 radical (unpaired) electrons. The average Bonchev–Trinajstić information content (AvgIpc) is 2.84. The minimum absolute atomic E-state index is 0.00996. The Morgan fingerprint density at radius 1 is 1.38 bits per heavy atom. The van der Waals surface area contributed by atoms with Crippen molar-refractivity contribution < 1.29 is 9.47 Å². The molecule has 1 N–H and O–H groups in total. The zero-order valence-electron chi connectivity index (χ0n) is 12.9. The Kier molecular flexibility index (Phi) is 3.59. The van der Waals surface area contributed by atoms with Gasteiger partial charge in [0.1, 0.15) is 17.6 Å². The van der Waals surface area contributed by atoms with Crippen molar-refractivity contribution in [2.75, 3.05) is 14.2 Å². The quantitative estimate of drug-likeness (QED) is 0.942. The Bertz CT molecular complexity index is 651. The summed E-state index contributed by atoms with van der Waals surface area (Å²) in [6.07, 6.45) is 2.94. The van der Waals surface area contributed by atoms with Crippen LogP contribution in [0.4, 0.5) is 0 Å². The third-order valence-corrected chi connectivity index (χ3v) is 4.06. The first-order valence-electron chi connectivity index (χ1n) is 7.14. The van der Waals surface area contributed by atoms with E-state index in [1.807, 2.05) is 44.0 Å². The molecule has 5 heteroatoms. The maximum atomic E-state index is 6.21. The SMILES string of the molecule is CNC1CC(c2cn(C)nc2C)Oc2cc(OC)ccc21. The molecule has 0 spiro atoms. The standard InChI is InChI=1S/C16H21N3O2/c1-10-13(9-19(3)18-10)16-8-14(17-2)12-6-5-11(20-4)7-15(12)21-16/h5-7,9,14,16-17H,8H2,1-4H3. The van der Waals surface area contributed by atoms with E-state index in [0.717, 1.165) is 29.2 Å². The normalized spacial score (nSPS) is 20.8. The first-order chi connectivity index (χ1) is 10.1. The lowest BCUT2D eigenvalue weighted by atomic mass is 9.93. The lowest BCUT2D eigenvalue weighted by Crippen LogP contribution is -2.26. The van der Waals surface area contributed by atoms with Crippen LogP contribution in [0.1, 0.15) is 35.4 Å². The van der Waals surface area contributed by atoms with Crippen LogP contribution in [0.3, 0.4) is 0 Å². The van der Waals surface area contributed by atoms with Crippen LogP contribution in [0.15, 0.2) is 24.4 Å². The molecule has 0 saturated heterocycles. The summed E-state index contributed by atoms with van der Waals surface area (Å²) in [5.41, 5.74) is 3.34. The predicted molar refractivity (Wildman–Crippen MR) is 80.7 cm³/mol. The molecule has 21 heavy (non-hydrogen) atoms. The molecule has 2 unspecified atom stereocenters. The van der Waals surface area contributed by atoms with Crippen molar-refractivity contribution in [1.82, 2.24) is 15.1 Å². The zero-order valence-corrected chi connectivity index (χ0v) is 12.9. The van der Waals surface area contributed by atoms with Crippen molar-refractivity contribution >= 4 is 0 Å². The largest absolute Gasteiger partial charge is 0.497 e. The molecule has 1 aromatic heterocycles. The molecule has 2 atom stereocenters. The van der Waals surface area contributed by atoms with Gasteiger partial charge in [0.15, 0.2) is 0 Å². The Hall–Kier alpha value is -2.01. The van der Waals surface area contributed by atoms with Crippen LogP contribution in [0.2, 0.25) is 0 Å². The Balaban J connectivity index is 1.98. The van der Waals surface area contributed by atoms with Gasteiger partial charge in [-0.2, -0.15) is 5.10 Å². The van der Waals surface area contributed by atoms with E-state index in [9.17, 15) is 0 Å². The number of hydrogen-bond donors (Lipinski definition) is 1. The van der Waals surface area contributed by atoms with E-state index in [1.165, 1.54) is 5.56 Å². The molecule has 0 saturated carbocycles. The van der Waals surface area contributed by atoms with Gasteiger partial charge in [0.25, 0.3) is 0 Å². The maximum absolute atomic E-state index is 6.21. The fraction of sp³-hybridized carbons (Fsp3) is 0.438. The highest BCUT2D eigenvalue weighted by Crippen LogP contribution is 2.42. The van der Waals surface area contributed by atoms with E-state index in [1.54, 1.807) is 7.11 Å². The van der Waals surface area contributed by atoms with Crippen LogP contribution in [-0.2, 0) is 7.05 Å². The Morgan fingerprint density at radius 2 is 2.19 bits per heavy atom. The summed E-state index contributed by atoms with van der Waals surface area (Å²) in [5, 5.41) is 7.79. The molecular weight excluding hydrogens is 266 g/mol. The van der Waals surface area contributed by atoms with Crippen LogP contribution in [-0.4, -0.2) is 23.9 Å². The molecule has 0 bridgehead atoms. The van der Waals surface area contributed by atoms with E-state index in [-0.39, 0.29) is 12.1 Å². The van der Waals surface area contributed by atoms with Gasteiger partial charge in [-0.05, 0) is 20.0 Å². The molecule has 5 nitrogen and oxygen atoms in total. The van der Waals surface area contributed by atoms with Crippen molar-refractivity contribution in [3.05, 3.63) is 41.2 Å². The fourth-order valence-corrected chi connectivity index (χ4v) is 2.97. The summed E-state index contributed by atoms with van der Waals surface area (Å²) in [4.78, 5) is 0. The molecule has 1 aliphatic rings. The van der Waals surface area contributed by atoms with E-state index in [4.69, 9.17) is 9.47 Å². The third-order valence-electron chi connectivity index (χ3n) is 4.06. The molecule has 0 fully saturated rings. The lowest BCUT2D eigenvalue weighted by Gasteiger charge is -2.32. The second-order valence-corrected chi connectivity index (χ2v) is 5.43. The second-order valence-electron chi connectivity index (χ2n) is 5.43. The van der Waals surface area contributed by atoms with E-state index in [2.05, 4.69) is 16.5 Å². The predicted octanol–water partition coefficient (Wildman–Crippen LogP) is 2.52. The first kappa shape index (κ1) is 13.9. The monoisotopic (exact) mass is 287 g/mol. The van der Waals surface area contributed by atoms with Crippen LogP contribution in [0.5, 0.6) is 11.5 Å². The van der Waals surface area contributed by atoms with Gasteiger partial charge in [-0.15, -0.1) is 0 Å². The molecule has 3 rings (SSSR count). The summed E-state index contributed by atoms with van der Waals surface area (Å²) in [6, 6.07) is 6.27. The number of ether oxygens (including phenoxy) is 2. The molecule has 1 aliphatic heterocycles. The van der Waals surface area contributed by atoms with Crippen LogP contribution in [0.25, 0.3) is 0 Å². The summed E-state index contributed by atoms with van der Waals surface area (Å²) in [6.45, 7) is 2.02. The molecule has 2 heterocycles. The Labute approximate surface area is 124 Å². The lowest BCUT2D eigenvalue weighted by molar-refractivity contribution is 0.152. The molecular formula is C16H21N3O2. The molecule has 1 aromatic carbocycles. The number of fused-ring (bicyclic) bond motifs is 1. The third kappa shape index (κ3) is 2.49. The van der Waals surface area contributed by atoms with Crippen LogP contribution >= 0.6 is 0 Å². The topological polar surface area (TPSA) is 48.3 Å². The van der Waals surface area contributed by atoms with Gasteiger partial charge in [0, 0.05) is 42.9 Å². The van der Waals surface area contributed by atoms with Crippen LogP contribution < -0.4 is 14.8 Å². The highest BCUT2D eigenvalue weighted by molar-refractivity contribution is 5.44. The van der Waals surface area contributed by atoms with Gasteiger partial charge in [0.05, 0.1) is 12.8 Å². The van der Waals surface area contributed by atoms with Gasteiger partial charge in [0.2, 0.25) is 0 Å². The number of aryl methyl sites for hydroxylation is 2. The van der Waals surface area contributed by atoms with Gasteiger partial charge in [-0.3, -0.25) is 4.68 Å². The van der Waals surface area contributed by atoms with Crippen LogP contribution in [0, 0.1) is 6.92 Å². The number of rotatable bonds is 3. The van der Waals surface area contributed by atoms with Gasteiger partial charge < -0.3 is 14.8 Å². The van der Waals surface area contributed by atoms with E-state index >= 15 is 0 Å². The number of nitrogens with zero attached hydrogens (tertiary/aromatic N) is 2. The smallest absolute Gasteiger partial charge is 0.129 e. The minimum Gasteiger partial charge on any atom is -0.497 e. The van der Waals surface area contributed by atoms with Crippen molar-refractivity contribution in [2.24, 2.45) is 7.05 Å². The maximum Gasteiger partial charge on any atom is 0.129 e. The number of benzene rings is 1. The van der Waals surface area contributed by atoms with E-state index in [0.29, 0.717) is 0 Å². The zero-order chi connectivity index (χ0) is 15.0. The summed E-state index contributed by atoms with van der Waals surface area (Å²) in [7, 11) is 5.59. The highest BCUT2D eigenvalue weighted by atomic mass is 16.5. The highest BCUT2D eigenvalue weighted by Gasteiger charge is 2.30. The van der Waals surface area contributed by atoms with Crippen molar-refractivity contribution in [2.45, 2.75) is 25.5 Å². The van der Waals surface area contributed by atoms with Crippen molar-refractivity contribution in [3.8, 4) is 11.5 Å². The Morgan fingerprint density at radius 3 is 2.81 bits per heavy atom. The molecule has 2 aromatic rings. The van der Waals surface area contributed by atoms with Gasteiger partial charge in [-0.1, -0.05) is 6.07 Å². The van der Waals surface area contributed by atoms with Crippen molar-refractivity contribution in [3.63, 3.8) is 0 Å². The summed E-state index contributed by atoms with van der Waals surface area (Å²) < 4.78 is 13.4. The number of aromatic nitrogens is 2. The minimum atomic E-state index is 0.00996.